The predicted molar refractivity (Wildman–Crippen MR) is 96.8 cm³/mol. The molecule has 0 aliphatic heterocycles. The standard InChI is InChI=1S/C18H19ClN2O4/c1-12-3-5-14(25-12)6-8-17(22)21-13-4-7-15(16(19)11-13)18(23)20-9-10-24-2/h3-8,11H,9-10H2,1-2H3,(H,20,23)(H,21,22). The molecule has 2 aromatic rings. The van der Waals surface area contributed by atoms with Gasteiger partial charge >= 0.3 is 0 Å². The van der Waals surface area contributed by atoms with E-state index >= 15 is 0 Å². The van der Waals surface area contributed by atoms with Gasteiger partial charge in [0, 0.05) is 25.4 Å². The molecule has 1 aromatic carbocycles. The number of nitrogens with one attached hydrogen (secondary N) is 2. The van der Waals surface area contributed by atoms with Gasteiger partial charge in [-0.1, -0.05) is 11.6 Å². The Kier molecular flexibility index (Phi) is 6.80. The maximum Gasteiger partial charge on any atom is 0.252 e. The van der Waals surface area contributed by atoms with Crippen molar-refractivity contribution in [2.24, 2.45) is 0 Å². The molecule has 0 aliphatic rings. The van der Waals surface area contributed by atoms with E-state index in [1.165, 1.54) is 12.1 Å². The molecule has 0 radical (unpaired) electrons. The Bertz CT molecular complexity index is 783. The third kappa shape index (κ3) is 5.77. The summed E-state index contributed by atoms with van der Waals surface area (Å²) in [5.74, 6) is 0.732. The molecule has 0 unspecified atom stereocenters. The third-order valence-corrected chi connectivity index (χ3v) is 3.55. The Morgan fingerprint density at radius 2 is 2.08 bits per heavy atom. The number of halogens is 1. The molecule has 2 amide bonds. The van der Waals surface area contributed by atoms with Crippen LogP contribution < -0.4 is 10.6 Å². The molecule has 0 spiro atoms. The molecule has 0 saturated heterocycles. The zero-order valence-corrected chi connectivity index (χ0v) is 14.7. The summed E-state index contributed by atoms with van der Waals surface area (Å²) in [5.41, 5.74) is 0.820. The third-order valence-electron chi connectivity index (χ3n) is 3.23. The lowest BCUT2D eigenvalue weighted by atomic mass is 10.2. The number of ether oxygens (including phenoxy) is 1. The molecule has 0 saturated carbocycles. The highest BCUT2D eigenvalue weighted by Gasteiger charge is 2.11. The molecule has 0 fully saturated rings. The van der Waals surface area contributed by atoms with Crippen molar-refractivity contribution in [1.29, 1.82) is 0 Å². The fourth-order valence-corrected chi connectivity index (χ4v) is 2.29. The van der Waals surface area contributed by atoms with Gasteiger partial charge < -0.3 is 19.8 Å². The first-order valence-electron chi connectivity index (χ1n) is 7.62. The number of carbonyl (C=O) groups excluding carboxylic acids is 2. The maximum atomic E-state index is 12.0. The fourth-order valence-electron chi connectivity index (χ4n) is 2.02. The van der Waals surface area contributed by atoms with Crippen LogP contribution in [0.1, 0.15) is 21.9 Å². The average Bonchev–Trinajstić information content (AvgIpc) is 2.98. The van der Waals surface area contributed by atoms with Crippen LogP contribution in [0.3, 0.4) is 0 Å². The van der Waals surface area contributed by atoms with E-state index in [4.69, 9.17) is 20.8 Å². The second-order valence-electron chi connectivity index (χ2n) is 5.21. The van der Waals surface area contributed by atoms with E-state index in [1.807, 2.05) is 13.0 Å². The lowest BCUT2D eigenvalue weighted by molar-refractivity contribution is -0.111. The first-order chi connectivity index (χ1) is 12.0. The van der Waals surface area contributed by atoms with Gasteiger partial charge in [0.15, 0.2) is 0 Å². The van der Waals surface area contributed by atoms with Gasteiger partial charge in [-0.25, -0.2) is 0 Å². The van der Waals surface area contributed by atoms with Crippen molar-refractivity contribution < 1.29 is 18.7 Å². The van der Waals surface area contributed by atoms with Gasteiger partial charge in [0.1, 0.15) is 11.5 Å². The Labute approximate surface area is 150 Å². The van der Waals surface area contributed by atoms with Crippen LogP contribution in [0.2, 0.25) is 5.02 Å². The van der Waals surface area contributed by atoms with Gasteiger partial charge in [-0.2, -0.15) is 0 Å². The van der Waals surface area contributed by atoms with Gasteiger partial charge in [-0.05, 0) is 43.3 Å². The van der Waals surface area contributed by atoms with E-state index in [1.54, 1.807) is 31.4 Å². The number of rotatable bonds is 7. The molecular weight excluding hydrogens is 344 g/mol. The van der Waals surface area contributed by atoms with Crippen molar-refractivity contribution in [3.05, 3.63) is 58.5 Å². The molecule has 2 rings (SSSR count). The van der Waals surface area contributed by atoms with E-state index in [9.17, 15) is 9.59 Å². The van der Waals surface area contributed by atoms with Gasteiger partial charge in [0.2, 0.25) is 5.91 Å². The molecule has 0 bridgehead atoms. The van der Waals surface area contributed by atoms with Gasteiger partial charge in [0.25, 0.3) is 5.91 Å². The summed E-state index contributed by atoms with van der Waals surface area (Å²) in [5, 5.41) is 5.61. The molecule has 132 valence electrons. The zero-order valence-electron chi connectivity index (χ0n) is 14.0. The van der Waals surface area contributed by atoms with E-state index in [0.29, 0.717) is 30.2 Å². The molecule has 2 N–H and O–H groups in total. The number of hydrogen-bond donors (Lipinski definition) is 2. The van der Waals surface area contributed by atoms with Crippen molar-refractivity contribution in [3.8, 4) is 0 Å². The summed E-state index contributed by atoms with van der Waals surface area (Å²) < 4.78 is 10.2. The first kappa shape index (κ1) is 18.8. The van der Waals surface area contributed by atoms with Gasteiger partial charge in [0.05, 0.1) is 17.2 Å². The Hall–Kier alpha value is -2.57. The monoisotopic (exact) mass is 362 g/mol. The topological polar surface area (TPSA) is 80.6 Å². The van der Waals surface area contributed by atoms with Crippen LogP contribution in [0.15, 0.2) is 40.8 Å². The van der Waals surface area contributed by atoms with Crippen molar-refractivity contribution in [3.63, 3.8) is 0 Å². The van der Waals surface area contributed by atoms with Crippen molar-refractivity contribution in [2.45, 2.75) is 6.92 Å². The largest absolute Gasteiger partial charge is 0.462 e. The van der Waals surface area contributed by atoms with E-state index in [0.717, 1.165) is 5.76 Å². The predicted octanol–water partition coefficient (Wildman–Crippen LogP) is 3.27. The SMILES string of the molecule is COCCNC(=O)c1ccc(NC(=O)C=Cc2ccc(C)o2)cc1Cl. The molecule has 7 heteroatoms. The molecule has 0 atom stereocenters. The Morgan fingerprint density at radius 1 is 1.28 bits per heavy atom. The van der Waals surface area contributed by atoms with Crippen molar-refractivity contribution in [2.75, 3.05) is 25.6 Å². The highest BCUT2D eigenvalue weighted by molar-refractivity contribution is 6.34. The Morgan fingerprint density at radius 3 is 2.72 bits per heavy atom. The molecule has 0 aliphatic carbocycles. The molecular formula is C18H19ClN2O4. The lowest BCUT2D eigenvalue weighted by Crippen LogP contribution is -2.27. The van der Waals surface area contributed by atoms with Gasteiger partial charge in [-0.3, -0.25) is 9.59 Å². The molecule has 25 heavy (non-hydrogen) atoms. The normalized spacial score (nSPS) is 10.8. The van der Waals surface area contributed by atoms with Crippen LogP contribution in [-0.2, 0) is 9.53 Å². The summed E-state index contributed by atoms with van der Waals surface area (Å²) in [6.45, 7) is 2.63. The highest BCUT2D eigenvalue weighted by atomic mass is 35.5. The molecule has 6 nitrogen and oxygen atoms in total. The molecule has 1 heterocycles. The number of carbonyl (C=O) groups is 2. The maximum absolute atomic E-state index is 12.0. The van der Waals surface area contributed by atoms with Crippen molar-refractivity contribution >= 4 is 35.2 Å². The van der Waals surface area contributed by atoms with Crippen LogP contribution >= 0.6 is 11.6 Å². The number of methoxy groups -OCH3 is 1. The minimum Gasteiger partial charge on any atom is -0.462 e. The Balaban J connectivity index is 1.96. The molecule has 1 aromatic heterocycles. The van der Waals surface area contributed by atoms with Crippen LogP contribution in [-0.4, -0.2) is 32.1 Å². The average molecular weight is 363 g/mol. The second kappa shape index (κ2) is 9.05. The van der Waals surface area contributed by atoms with E-state index < -0.39 is 0 Å². The van der Waals surface area contributed by atoms with Crippen LogP contribution in [0.5, 0.6) is 0 Å². The fraction of sp³-hybridized carbons (Fsp3) is 0.222. The zero-order chi connectivity index (χ0) is 18.2. The summed E-state index contributed by atoms with van der Waals surface area (Å²) >= 11 is 6.12. The van der Waals surface area contributed by atoms with Crippen LogP contribution in [0.25, 0.3) is 6.08 Å². The number of furan rings is 1. The summed E-state index contributed by atoms with van der Waals surface area (Å²) in [6, 6.07) is 8.27. The van der Waals surface area contributed by atoms with E-state index in [2.05, 4.69) is 10.6 Å². The number of anilines is 1. The summed E-state index contributed by atoms with van der Waals surface area (Å²) in [6.07, 6.45) is 2.93. The second-order valence-corrected chi connectivity index (χ2v) is 5.62. The first-order valence-corrected chi connectivity index (χ1v) is 7.99. The summed E-state index contributed by atoms with van der Waals surface area (Å²) in [4.78, 5) is 23.9. The van der Waals surface area contributed by atoms with Crippen LogP contribution in [0.4, 0.5) is 5.69 Å². The lowest BCUT2D eigenvalue weighted by Gasteiger charge is -2.08. The number of hydrogen-bond acceptors (Lipinski definition) is 4. The minimum atomic E-state index is -0.331. The number of aryl methyl sites for hydroxylation is 1. The minimum absolute atomic E-state index is 0.248. The quantitative estimate of drug-likeness (QED) is 0.585. The summed E-state index contributed by atoms with van der Waals surface area (Å²) in [7, 11) is 1.55. The van der Waals surface area contributed by atoms with Crippen molar-refractivity contribution in [1.82, 2.24) is 5.32 Å². The van der Waals surface area contributed by atoms with Gasteiger partial charge in [-0.15, -0.1) is 0 Å². The smallest absolute Gasteiger partial charge is 0.252 e. The van der Waals surface area contributed by atoms with E-state index in [-0.39, 0.29) is 16.8 Å². The van der Waals surface area contributed by atoms with Crippen LogP contribution in [0, 0.1) is 6.92 Å². The highest BCUT2D eigenvalue weighted by Crippen LogP contribution is 2.21. The number of amides is 2. The number of benzene rings is 1.